The highest BCUT2D eigenvalue weighted by Gasteiger charge is 2.39. The van der Waals surface area contributed by atoms with E-state index in [1.165, 1.54) is 67.2 Å². The molecule has 0 radical (unpaired) electrons. The highest BCUT2D eigenvalue weighted by molar-refractivity contribution is 5.86. The minimum atomic E-state index is -0.121. The van der Waals surface area contributed by atoms with Crippen LogP contribution in [0.5, 0.6) is 0 Å². The predicted octanol–water partition coefficient (Wildman–Crippen LogP) is 8.69. The lowest BCUT2D eigenvalue weighted by Gasteiger charge is -2.21. The maximum Gasteiger partial charge on any atom is 0.295 e. The van der Waals surface area contributed by atoms with Crippen LogP contribution >= 0.6 is 0 Å². The topological polar surface area (TPSA) is 21.7 Å². The molecule has 3 nitrogen and oxygen atoms in total. The summed E-state index contributed by atoms with van der Waals surface area (Å²) in [6.45, 7) is 18.2. The summed E-state index contributed by atoms with van der Waals surface area (Å²) >= 11 is 0. The summed E-state index contributed by atoms with van der Waals surface area (Å²) in [7, 11) is 2.22. The molecular formula is C36H40N3+. The van der Waals surface area contributed by atoms with Crippen molar-refractivity contribution in [3.63, 3.8) is 0 Å². The van der Waals surface area contributed by atoms with Gasteiger partial charge in [0.15, 0.2) is 11.0 Å². The van der Waals surface area contributed by atoms with Gasteiger partial charge < -0.3 is 0 Å². The SMILES string of the molecule is Cc1ccc2c(n1)C(C)(C)c1cc(C)c(-c3n(-c4c(C(C)C)cccc4C(C)C)c4ccccc4[n+]3C)cc1-2. The molecule has 0 fully saturated rings. The lowest BCUT2D eigenvalue weighted by molar-refractivity contribution is -0.633. The van der Waals surface area contributed by atoms with E-state index in [0.717, 1.165) is 5.69 Å². The van der Waals surface area contributed by atoms with Crippen LogP contribution in [0.3, 0.4) is 0 Å². The van der Waals surface area contributed by atoms with Gasteiger partial charge in [-0.2, -0.15) is 4.57 Å². The standard InChI is InChI=1S/C36H40N3/c1-21(2)25-13-12-14-26(22(3)4)33(25)39-32-16-11-10-15-31(32)38(9)35(39)28-20-29-27-18-17-24(6)37-34(27)36(7,8)30(29)19-23(28)5/h10-22H,1-9H3/q+1. The smallest absolute Gasteiger partial charge is 0.257 e. The van der Waals surface area contributed by atoms with Crippen molar-refractivity contribution in [2.75, 3.05) is 0 Å². The maximum atomic E-state index is 5.02. The average molecular weight is 515 g/mol. The zero-order valence-electron chi connectivity index (χ0n) is 24.8. The van der Waals surface area contributed by atoms with E-state index in [2.05, 4.69) is 138 Å². The molecule has 5 aromatic rings. The molecule has 1 aliphatic carbocycles. The zero-order chi connectivity index (χ0) is 27.8. The van der Waals surface area contributed by atoms with Crippen molar-refractivity contribution < 1.29 is 4.57 Å². The lowest BCUT2D eigenvalue weighted by atomic mass is 9.84. The molecule has 39 heavy (non-hydrogen) atoms. The summed E-state index contributed by atoms with van der Waals surface area (Å²) in [4.78, 5) is 5.02. The van der Waals surface area contributed by atoms with Crippen LogP contribution < -0.4 is 4.57 Å². The van der Waals surface area contributed by atoms with E-state index >= 15 is 0 Å². The Balaban J connectivity index is 1.74. The Morgan fingerprint density at radius 2 is 1.44 bits per heavy atom. The van der Waals surface area contributed by atoms with Gasteiger partial charge in [-0.15, -0.1) is 0 Å². The van der Waals surface area contributed by atoms with Crippen molar-refractivity contribution in [2.45, 2.75) is 72.6 Å². The van der Waals surface area contributed by atoms with E-state index in [4.69, 9.17) is 4.98 Å². The molecule has 0 spiro atoms. The van der Waals surface area contributed by atoms with Crippen LogP contribution in [0.15, 0.2) is 66.7 Å². The van der Waals surface area contributed by atoms with E-state index in [1.807, 2.05) is 0 Å². The Bertz CT molecular complexity index is 1740. The molecule has 3 aromatic carbocycles. The first-order chi connectivity index (χ1) is 18.5. The fourth-order valence-electron chi connectivity index (χ4n) is 6.68. The van der Waals surface area contributed by atoms with Gasteiger partial charge in [0, 0.05) is 27.8 Å². The Morgan fingerprint density at radius 1 is 0.769 bits per heavy atom. The molecule has 0 bridgehead atoms. The molecule has 0 atom stereocenters. The van der Waals surface area contributed by atoms with Crippen molar-refractivity contribution >= 4 is 11.0 Å². The molecule has 2 heterocycles. The van der Waals surface area contributed by atoms with E-state index in [0.29, 0.717) is 11.8 Å². The first kappa shape index (κ1) is 25.6. The minimum Gasteiger partial charge on any atom is -0.257 e. The third-order valence-corrected chi connectivity index (χ3v) is 8.77. The summed E-state index contributed by atoms with van der Waals surface area (Å²) in [5, 5.41) is 0. The Morgan fingerprint density at radius 3 is 2.10 bits per heavy atom. The third kappa shape index (κ3) is 3.70. The Labute approximate surface area is 233 Å². The van der Waals surface area contributed by atoms with E-state index in [-0.39, 0.29) is 5.41 Å². The van der Waals surface area contributed by atoms with Gasteiger partial charge in [-0.3, -0.25) is 4.98 Å². The summed E-state index contributed by atoms with van der Waals surface area (Å²) < 4.78 is 4.93. The van der Waals surface area contributed by atoms with Crippen molar-refractivity contribution in [2.24, 2.45) is 7.05 Å². The van der Waals surface area contributed by atoms with Crippen LogP contribution in [0.1, 0.15) is 87.0 Å². The highest BCUT2D eigenvalue weighted by atomic mass is 15.2. The molecule has 0 saturated carbocycles. The fourth-order valence-corrected chi connectivity index (χ4v) is 6.68. The van der Waals surface area contributed by atoms with Gasteiger partial charge in [0.25, 0.3) is 5.82 Å². The number of rotatable bonds is 4. The number of hydrogen-bond donors (Lipinski definition) is 0. The first-order valence-electron chi connectivity index (χ1n) is 14.3. The summed E-state index contributed by atoms with van der Waals surface area (Å²) in [6.07, 6.45) is 0. The summed E-state index contributed by atoms with van der Waals surface area (Å²) in [5.41, 5.74) is 15.2. The number of pyridine rings is 1. The average Bonchev–Trinajstić information content (AvgIpc) is 3.30. The normalized spacial score (nSPS) is 13.9. The van der Waals surface area contributed by atoms with Crippen LogP contribution in [-0.4, -0.2) is 9.55 Å². The summed E-state index contributed by atoms with van der Waals surface area (Å²) in [6, 6.07) is 25.0. The molecule has 0 unspecified atom stereocenters. The van der Waals surface area contributed by atoms with Gasteiger partial charge in [0.1, 0.15) is 5.69 Å². The number of aryl methyl sites for hydroxylation is 3. The zero-order valence-corrected chi connectivity index (χ0v) is 24.8. The highest BCUT2D eigenvalue weighted by Crippen LogP contribution is 2.50. The van der Waals surface area contributed by atoms with Gasteiger partial charge in [-0.25, -0.2) is 4.57 Å². The van der Waals surface area contributed by atoms with E-state index < -0.39 is 0 Å². The number of hydrogen-bond acceptors (Lipinski definition) is 1. The minimum absolute atomic E-state index is 0.121. The number of para-hydroxylation sites is 3. The van der Waals surface area contributed by atoms with Crippen LogP contribution in [0.4, 0.5) is 0 Å². The van der Waals surface area contributed by atoms with Gasteiger partial charge in [0.05, 0.1) is 18.3 Å². The monoisotopic (exact) mass is 514 g/mol. The van der Waals surface area contributed by atoms with Crippen molar-refractivity contribution in [1.82, 2.24) is 9.55 Å². The van der Waals surface area contributed by atoms with Crippen LogP contribution in [-0.2, 0) is 12.5 Å². The van der Waals surface area contributed by atoms with Gasteiger partial charge in [0.2, 0.25) is 0 Å². The fraction of sp³-hybridized carbons (Fsp3) is 0.333. The Kier molecular flexibility index (Phi) is 5.84. The second-order valence-electron chi connectivity index (χ2n) is 12.5. The number of aromatic nitrogens is 3. The molecule has 1 aliphatic rings. The first-order valence-corrected chi connectivity index (χ1v) is 14.3. The van der Waals surface area contributed by atoms with Crippen LogP contribution in [0.25, 0.3) is 39.2 Å². The van der Waals surface area contributed by atoms with Crippen molar-refractivity contribution in [1.29, 1.82) is 0 Å². The molecule has 3 heteroatoms. The molecular weight excluding hydrogens is 474 g/mol. The number of fused-ring (bicyclic) bond motifs is 4. The van der Waals surface area contributed by atoms with Gasteiger partial charge in [-0.1, -0.05) is 84.0 Å². The Hall–Kier alpha value is -3.72. The molecule has 6 rings (SSSR count). The van der Waals surface area contributed by atoms with Crippen LogP contribution in [0.2, 0.25) is 0 Å². The van der Waals surface area contributed by atoms with Crippen LogP contribution in [0, 0.1) is 13.8 Å². The molecule has 0 aliphatic heterocycles. The second kappa shape index (κ2) is 8.91. The van der Waals surface area contributed by atoms with Gasteiger partial charge >= 0.3 is 0 Å². The molecule has 0 amide bonds. The largest absolute Gasteiger partial charge is 0.295 e. The quantitative estimate of drug-likeness (QED) is 0.220. The second-order valence-corrected chi connectivity index (χ2v) is 12.5. The molecule has 0 N–H and O–H groups in total. The molecule has 2 aromatic heterocycles. The number of imidazole rings is 1. The predicted molar refractivity (Wildman–Crippen MR) is 163 cm³/mol. The van der Waals surface area contributed by atoms with E-state index in [1.54, 1.807) is 0 Å². The third-order valence-electron chi connectivity index (χ3n) is 8.77. The maximum absolute atomic E-state index is 5.02. The summed E-state index contributed by atoms with van der Waals surface area (Å²) in [5.74, 6) is 2.03. The van der Waals surface area contributed by atoms with E-state index in [9.17, 15) is 0 Å². The molecule has 198 valence electrons. The number of benzene rings is 3. The van der Waals surface area contributed by atoms with Crippen molar-refractivity contribution in [3.05, 3.63) is 100 Å². The van der Waals surface area contributed by atoms with Crippen molar-refractivity contribution in [3.8, 4) is 28.2 Å². The number of nitrogens with zero attached hydrogens (tertiary/aromatic N) is 3. The van der Waals surface area contributed by atoms with Gasteiger partial charge in [-0.05, 0) is 66.6 Å². The molecule has 0 saturated heterocycles. The lowest BCUT2D eigenvalue weighted by Crippen LogP contribution is -2.30.